The van der Waals surface area contributed by atoms with Crippen LogP contribution in [0.5, 0.6) is 0 Å². The third-order valence-electron chi connectivity index (χ3n) is 4.73. The van der Waals surface area contributed by atoms with Crippen molar-refractivity contribution in [1.82, 2.24) is 24.6 Å². The molecule has 8 heteroatoms. The lowest BCUT2D eigenvalue weighted by Gasteiger charge is -2.34. The van der Waals surface area contributed by atoms with Crippen molar-refractivity contribution in [3.05, 3.63) is 11.6 Å². The van der Waals surface area contributed by atoms with E-state index in [1.807, 2.05) is 16.5 Å². The predicted octanol–water partition coefficient (Wildman–Crippen LogP) is -0.654. The second-order valence-electron chi connectivity index (χ2n) is 6.26. The molecule has 0 bridgehead atoms. The monoisotopic (exact) mass is 323 g/mol. The van der Waals surface area contributed by atoms with E-state index in [0.29, 0.717) is 38.7 Å². The van der Waals surface area contributed by atoms with E-state index < -0.39 is 0 Å². The number of amides is 1. The minimum absolute atomic E-state index is 0.102. The van der Waals surface area contributed by atoms with Gasteiger partial charge in [-0.2, -0.15) is 0 Å². The highest BCUT2D eigenvalue weighted by atomic mass is 16.5. The van der Waals surface area contributed by atoms with Crippen LogP contribution in [0.1, 0.15) is 30.4 Å². The zero-order valence-corrected chi connectivity index (χ0v) is 13.6. The number of morpholine rings is 1. The van der Waals surface area contributed by atoms with E-state index in [4.69, 9.17) is 4.74 Å². The molecule has 3 rings (SSSR count). The molecule has 0 spiro atoms. The fourth-order valence-electron chi connectivity index (χ4n) is 3.38. The molecule has 2 aliphatic rings. The Morgan fingerprint density at radius 2 is 2.09 bits per heavy atom. The van der Waals surface area contributed by atoms with Gasteiger partial charge >= 0.3 is 0 Å². The van der Waals surface area contributed by atoms with Crippen LogP contribution >= 0.6 is 0 Å². The van der Waals surface area contributed by atoms with Crippen molar-refractivity contribution in [3.63, 3.8) is 0 Å². The molecule has 1 aromatic rings. The van der Waals surface area contributed by atoms with E-state index in [-0.39, 0.29) is 18.4 Å². The lowest BCUT2D eigenvalue weighted by molar-refractivity contribution is -0.136. The van der Waals surface area contributed by atoms with E-state index in [1.54, 1.807) is 0 Å². The second kappa shape index (κ2) is 7.37. The van der Waals surface area contributed by atoms with Crippen LogP contribution in [0.4, 0.5) is 0 Å². The largest absolute Gasteiger partial charge is 0.388 e. The number of aromatic nitrogens is 3. The number of hydrogen-bond acceptors (Lipinski definition) is 6. The first kappa shape index (κ1) is 16.4. The van der Waals surface area contributed by atoms with Gasteiger partial charge in [-0.3, -0.25) is 9.69 Å². The van der Waals surface area contributed by atoms with Gasteiger partial charge in [-0.1, -0.05) is 0 Å². The number of aliphatic hydroxyl groups is 1. The van der Waals surface area contributed by atoms with Crippen molar-refractivity contribution in [2.24, 2.45) is 7.05 Å². The molecule has 0 radical (unpaired) electrons. The van der Waals surface area contributed by atoms with Crippen molar-refractivity contribution in [3.8, 4) is 0 Å². The summed E-state index contributed by atoms with van der Waals surface area (Å²) in [5.74, 6) is 1.93. The highest BCUT2D eigenvalue weighted by Crippen LogP contribution is 2.25. The van der Waals surface area contributed by atoms with Crippen molar-refractivity contribution < 1.29 is 14.6 Å². The van der Waals surface area contributed by atoms with Gasteiger partial charge in [-0.15, -0.1) is 10.2 Å². The topological polar surface area (TPSA) is 83.7 Å². The normalized spacial score (nSPS) is 23.2. The molecule has 128 valence electrons. The van der Waals surface area contributed by atoms with Crippen LogP contribution in [0.25, 0.3) is 0 Å². The van der Waals surface area contributed by atoms with Crippen LogP contribution < -0.4 is 0 Å². The van der Waals surface area contributed by atoms with Gasteiger partial charge in [0.15, 0.2) is 5.82 Å². The summed E-state index contributed by atoms with van der Waals surface area (Å²) in [7, 11) is 1.89. The van der Waals surface area contributed by atoms with Crippen LogP contribution in [-0.4, -0.2) is 81.5 Å². The lowest BCUT2D eigenvalue weighted by Crippen LogP contribution is -2.47. The Morgan fingerprint density at radius 3 is 2.78 bits per heavy atom. The number of piperidine rings is 1. The first-order valence-corrected chi connectivity index (χ1v) is 8.26. The highest BCUT2D eigenvalue weighted by molar-refractivity contribution is 5.78. The van der Waals surface area contributed by atoms with Gasteiger partial charge in [0, 0.05) is 32.6 Å². The van der Waals surface area contributed by atoms with E-state index in [9.17, 15) is 9.90 Å². The molecule has 1 amide bonds. The maximum atomic E-state index is 12.4. The summed E-state index contributed by atoms with van der Waals surface area (Å²) < 4.78 is 7.17. The van der Waals surface area contributed by atoms with Crippen LogP contribution in [0.3, 0.4) is 0 Å². The predicted molar refractivity (Wildman–Crippen MR) is 82.7 cm³/mol. The molecular weight excluding hydrogens is 298 g/mol. The first-order chi connectivity index (χ1) is 11.2. The Bertz CT molecular complexity index is 541. The average Bonchev–Trinajstić information content (AvgIpc) is 2.96. The average molecular weight is 323 g/mol. The molecule has 23 heavy (non-hydrogen) atoms. The van der Waals surface area contributed by atoms with Crippen molar-refractivity contribution in [1.29, 1.82) is 0 Å². The molecule has 8 nitrogen and oxygen atoms in total. The van der Waals surface area contributed by atoms with Crippen LogP contribution in [0.2, 0.25) is 0 Å². The van der Waals surface area contributed by atoms with E-state index in [1.165, 1.54) is 0 Å². The molecule has 1 atom stereocenters. The molecule has 1 N–H and O–H groups in total. The molecule has 0 aliphatic carbocycles. The lowest BCUT2D eigenvalue weighted by atomic mass is 9.97. The number of aliphatic hydroxyl groups excluding tert-OH is 1. The molecule has 2 aliphatic heterocycles. The summed E-state index contributed by atoms with van der Waals surface area (Å²) in [5.41, 5.74) is 0. The number of hydrogen-bond donors (Lipinski definition) is 1. The third-order valence-corrected chi connectivity index (χ3v) is 4.73. The number of nitrogens with zero attached hydrogens (tertiary/aromatic N) is 5. The third kappa shape index (κ3) is 3.70. The molecule has 3 heterocycles. The van der Waals surface area contributed by atoms with Gasteiger partial charge in [0.2, 0.25) is 5.91 Å². The quantitative estimate of drug-likeness (QED) is 0.792. The summed E-state index contributed by atoms with van der Waals surface area (Å²) in [5, 5.41) is 17.5. The Morgan fingerprint density at radius 1 is 1.30 bits per heavy atom. The maximum Gasteiger partial charge on any atom is 0.236 e. The summed E-state index contributed by atoms with van der Waals surface area (Å²) in [4.78, 5) is 16.5. The minimum Gasteiger partial charge on any atom is -0.388 e. The zero-order valence-electron chi connectivity index (χ0n) is 13.6. The summed E-state index contributed by atoms with van der Waals surface area (Å²) in [6.07, 6.45) is 2.09. The zero-order chi connectivity index (χ0) is 16.2. The number of carbonyl (C=O) groups is 1. The smallest absolute Gasteiger partial charge is 0.236 e. The van der Waals surface area contributed by atoms with Gasteiger partial charge in [0.25, 0.3) is 0 Å². The van der Waals surface area contributed by atoms with Gasteiger partial charge in [0.1, 0.15) is 12.4 Å². The Hall–Kier alpha value is -1.51. The number of ether oxygens (including phenoxy) is 1. The van der Waals surface area contributed by atoms with Gasteiger partial charge in [0.05, 0.1) is 19.8 Å². The SMILES string of the molecule is Cn1c(CO)nnc1[C@H]1CCCN(CC(=O)N2CCOCC2)C1. The molecule has 0 aromatic carbocycles. The van der Waals surface area contributed by atoms with Crippen molar-refractivity contribution >= 4 is 5.91 Å². The second-order valence-corrected chi connectivity index (χ2v) is 6.26. The van der Waals surface area contributed by atoms with Gasteiger partial charge in [-0.05, 0) is 19.4 Å². The van der Waals surface area contributed by atoms with E-state index in [0.717, 1.165) is 31.8 Å². The van der Waals surface area contributed by atoms with Crippen LogP contribution in [0.15, 0.2) is 0 Å². The fourth-order valence-corrected chi connectivity index (χ4v) is 3.38. The molecule has 2 saturated heterocycles. The number of rotatable bonds is 4. The molecular formula is C15H25N5O3. The standard InChI is InChI=1S/C15H25N5O3/c1-18-13(11-21)16-17-15(18)12-3-2-4-19(9-12)10-14(22)20-5-7-23-8-6-20/h12,21H,2-11H2,1H3/t12-/m0/s1. The van der Waals surface area contributed by atoms with Crippen LogP contribution in [0, 0.1) is 0 Å². The number of likely N-dealkylation sites (tertiary alicyclic amines) is 1. The first-order valence-electron chi connectivity index (χ1n) is 8.26. The van der Waals surface area contributed by atoms with Crippen molar-refractivity contribution in [2.75, 3.05) is 45.9 Å². The van der Waals surface area contributed by atoms with E-state index >= 15 is 0 Å². The molecule has 1 aromatic heterocycles. The molecule has 0 saturated carbocycles. The fraction of sp³-hybridized carbons (Fsp3) is 0.800. The maximum absolute atomic E-state index is 12.4. The van der Waals surface area contributed by atoms with Gasteiger partial charge < -0.3 is 19.3 Å². The summed E-state index contributed by atoms with van der Waals surface area (Å²) in [6.45, 7) is 4.77. The summed E-state index contributed by atoms with van der Waals surface area (Å²) in [6, 6.07) is 0. The Kier molecular flexibility index (Phi) is 5.24. The Balaban J connectivity index is 1.59. The van der Waals surface area contributed by atoms with Gasteiger partial charge in [-0.25, -0.2) is 0 Å². The summed E-state index contributed by atoms with van der Waals surface area (Å²) >= 11 is 0. The Labute approximate surface area is 136 Å². The molecule has 2 fully saturated rings. The molecule has 0 unspecified atom stereocenters. The minimum atomic E-state index is -0.102. The van der Waals surface area contributed by atoms with Crippen molar-refractivity contribution in [2.45, 2.75) is 25.4 Å². The highest BCUT2D eigenvalue weighted by Gasteiger charge is 2.28. The van der Waals surface area contributed by atoms with E-state index in [2.05, 4.69) is 15.1 Å². The van der Waals surface area contributed by atoms with Crippen LogP contribution in [-0.2, 0) is 23.2 Å². The number of carbonyl (C=O) groups excluding carboxylic acids is 1.